The Balaban J connectivity index is 1.73. The van der Waals surface area contributed by atoms with Crippen molar-refractivity contribution >= 4 is 23.4 Å². The zero-order valence-corrected chi connectivity index (χ0v) is 16.0. The van der Waals surface area contributed by atoms with Gasteiger partial charge in [-0.05, 0) is 24.1 Å². The lowest BCUT2D eigenvalue weighted by Crippen LogP contribution is -2.13. The number of methoxy groups -OCH3 is 1. The van der Waals surface area contributed by atoms with Crippen LogP contribution in [0.1, 0.15) is 5.56 Å². The van der Waals surface area contributed by atoms with E-state index in [0.29, 0.717) is 19.1 Å². The van der Waals surface area contributed by atoms with E-state index in [-0.39, 0.29) is 0 Å². The minimum absolute atomic E-state index is 0.582. The summed E-state index contributed by atoms with van der Waals surface area (Å²) in [5.74, 6) is 1.37. The third-order valence-corrected chi connectivity index (χ3v) is 4.23. The first-order valence-electron chi connectivity index (χ1n) is 8.90. The summed E-state index contributed by atoms with van der Waals surface area (Å²) < 4.78 is 5.09. The van der Waals surface area contributed by atoms with Crippen molar-refractivity contribution in [1.82, 2.24) is 9.97 Å². The molecule has 0 bridgehead atoms. The summed E-state index contributed by atoms with van der Waals surface area (Å²) in [6.07, 6.45) is 0.859. The van der Waals surface area contributed by atoms with Crippen LogP contribution in [0.3, 0.4) is 0 Å². The number of hydrogen-bond acceptors (Lipinski definition) is 5. The predicted octanol–water partition coefficient (Wildman–Crippen LogP) is 4.51. The van der Waals surface area contributed by atoms with Gasteiger partial charge in [0.05, 0.1) is 12.3 Å². The van der Waals surface area contributed by atoms with Gasteiger partial charge in [0, 0.05) is 36.9 Å². The molecule has 2 aromatic carbocycles. The van der Waals surface area contributed by atoms with Gasteiger partial charge in [0.2, 0.25) is 5.95 Å². The Kier molecular flexibility index (Phi) is 7.02. The molecule has 0 aliphatic carbocycles. The second-order valence-corrected chi connectivity index (χ2v) is 6.49. The van der Waals surface area contributed by atoms with E-state index in [9.17, 15) is 0 Å². The minimum Gasteiger partial charge on any atom is -0.383 e. The van der Waals surface area contributed by atoms with Gasteiger partial charge in [-0.15, -0.1) is 0 Å². The van der Waals surface area contributed by atoms with Crippen molar-refractivity contribution in [2.45, 2.75) is 6.42 Å². The van der Waals surface area contributed by atoms with Crippen LogP contribution in [0.15, 0.2) is 60.7 Å². The summed E-state index contributed by atoms with van der Waals surface area (Å²) in [4.78, 5) is 9.18. The van der Waals surface area contributed by atoms with E-state index in [2.05, 4.69) is 26.7 Å². The van der Waals surface area contributed by atoms with Gasteiger partial charge in [0.25, 0.3) is 0 Å². The van der Waals surface area contributed by atoms with Gasteiger partial charge in [-0.25, -0.2) is 4.98 Å². The van der Waals surface area contributed by atoms with E-state index in [1.165, 1.54) is 5.56 Å². The van der Waals surface area contributed by atoms with Crippen molar-refractivity contribution < 1.29 is 4.74 Å². The molecule has 6 heteroatoms. The molecule has 1 heterocycles. The molecule has 0 unspecified atom stereocenters. The maximum atomic E-state index is 6.05. The van der Waals surface area contributed by atoms with Gasteiger partial charge >= 0.3 is 0 Å². The number of nitrogens with zero attached hydrogens (tertiary/aromatic N) is 2. The lowest BCUT2D eigenvalue weighted by atomic mass is 10.1. The first kappa shape index (κ1) is 19.1. The van der Waals surface area contributed by atoms with Crippen LogP contribution in [-0.2, 0) is 11.2 Å². The third-order valence-electron chi connectivity index (χ3n) is 3.99. The average Bonchev–Trinajstić information content (AvgIpc) is 2.69. The molecule has 0 spiro atoms. The molecule has 1 aromatic heterocycles. The van der Waals surface area contributed by atoms with Crippen LogP contribution in [0.4, 0.5) is 11.8 Å². The molecule has 2 N–H and O–H groups in total. The van der Waals surface area contributed by atoms with Gasteiger partial charge in [-0.2, -0.15) is 4.98 Å². The molecule has 0 aliphatic heterocycles. The van der Waals surface area contributed by atoms with Crippen LogP contribution >= 0.6 is 11.6 Å². The SMILES string of the molecule is COCCNc1nc(NCCc2cccc(Cl)c2)cc(-c2ccccc2)n1. The quantitative estimate of drug-likeness (QED) is 0.533. The summed E-state index contributed by atoms with van der Waals surface area (Å²) >= 11 is 6.05. The normalized spacial score (nSPS) is 10.6. The first-order valence-corrected chi connectivity index (χ1v) is 9.28. The maximum Gasteiger partial charge on any atom is 0.225 e. The Labute approximate surface area is 164 Å². The lowest BCUT2D eigenvalue weighted by molar-refractivity contribution is 0.210. The summed E-state index contributed by atoms with van der Waals surface area (Å²) in [6, 6.07) is 19.9. The van der Waals surface area contributed by atoms with Crippen LogP contribution < -0.4 is 10.6 Å². The smallest absolute Gasteiger partial charge is 0.225 e. The van der Waals surface area contributed by atoms with Crippen molar-refractivity contribution in [2.75, 3.05) is 37.4 Å². The van der Waals surface area contributed by atoms with Crippen LogP contribution in [0.25, 0.3) is 11.3 Å². The average molecular weight is 383 g/mol. The predicted molar refractivity (Wildman–Crippen MR) is 111 cm³/mol. The molecule has 0 atom stereocenters. The van der Waals surface area contributed by atoms with Crippen LogP contribution in [0, 0.1) is 0 Å². The highest BCUT2D eigenvalue weighted by Crippen LogP contribution is 2.21. The van der Waals surface area contributed by atoms with Crippen molar-refractivity contribution in [2.24, 2.45) is 0 Å². The fourth-order valence-electron chi connectivity index (χ4n) is 2.67. The van der Waals surface area contributed by atoms with E-state index in [0.717, 1.165) is 35.1 Å². The molecular formula is C21H23ClN4O. The van der Waals surface area contributed by atoms with Crippen LogP contribution in [0.5, 0.6) is 0 Å². The molecule has 0 amide bonds. The topological polar surface area (TPSA) is 59.1 Å². The number of ether oxygens (including phenoxy) is 1. The molecule has 27 heavy (non-hydrogen) atoms. The summed E-state index contributed by atoms with van der Waals surface area (Å²) in [7, 11) is 1.67. The van der Waals surface area contributed by atoms with Crippen molar-refractivity contribution in [3.05, 3.63) is 71.2 Å². The second kappa shape index (κ2) is 9.90. The number of hydrogen-bond donors (Lipinski definition) is 2. The zero-order chi connectivity index (χ0) is 18.9. The van der Waals surface area contributed by atoms with E-state index in [1.54, 1.807) is 7.11 Å². The molecule has 0 fully saturated rings. The van der Waals surface area contributed by atoms with E-state index in [4.69, 9.17) is 16.3 Å². The molecular weight excluding hydrogens is 360 g/mol. The van der Waals surface area contributed by atoms with E-state index >= 15 is 0 Å². The van der Waals surface area contributed by atoms with Crippen molar-refractivity contribution in [1.29, 1.82) is 0 Å². The van der Waals surface area contributed by atoms with Gasteiger partial charge in [0.15, 0.2) is 0 Å². The fraction of sp³-hybridized carbons (Fsp3) is 0.238. The molecule has 0 aliphatic rings. The fourth-order valence-corrected chi connectivity index (χ4v) is 2.88. The largest absolute Gasteiger partial charge is 0.383 e. The van der Waals surface area contributed by atoms with Gasteiger partial charge in [0.1, 0.15) is 5.82 Å². The third kappa shape index (κ3) is 5.94. The number of halogens is 1. The van der Waals surface area contributed by atoms with E-state index < -0.39 is 0 Å². The number of benzene rings is 2. The molecule has 0 saturated carbocycles. The number of anilines is 2. The monoisotopic (exact) mass is 382 g/mol. The standard InChI is InChI=1S/C21H23ClN4O/c1-27-13-12-24-21-25-19(17-7-3-2-4-8-17)15-20(26-21)23-11-10-16-6-5-9-18(22)14-16/h2-9,14-15H,10-13H2,1H3,(H2,23,24,25,26). The molecule has 3 aromatic rings. The Morgan fingerprint density at radius 3 is 2.56 bits per heavy atom. The highest BCUT2D eigenvalue weighted by atomic mass is 35.5. The van der Waals surface area contributed by atoms with Crippen molar-refractivity contribution in [3.63, 3.8) is 0 Å². The first-order chi connectivity index (χ1) is 13.2. The molecule has 140 valence electrons. The number of rotatable bonds is 9. The molecule has 3 rings (SSSR count). The van der Waals surface area contributed by atoms with Gasteiger partial charge in [-0.1, -0.05) is 54.1 Å². The number of aromatic nitrogens is 2. The summed E-state index contributed by atoms with van der Waals surface area (Å²) in [6.45, 7) is 2.00. The Bertz CT molecular complexity index is 858. The van der Waals surface area contributed by atoms with E-state index in [1.807, 2.05) is 54.6 Å². The lowest BCUT2D eigenvalue weighted by Gasteiger charge is -2.11. The maximum absolute atomic E-state index is 6.05. The Morgan fingerprint density at radius 2 is 1.78 bits per heavy atom. The highest BCUT2D eigenvalue weighted by molar-refractivity contribution is 6.30. The number of nitrogens with one attached hydrogen (secondary N) is 2. The Morgan fingerprint density at radius 1 is 0.926 bits per heavy atom. The van der Waals surface area contributed by atoms with Gasteiger partial charge in [-0.3, -0.25) is 0 Å². The molecule has 0 radical (unpaired) electrons. The summed E-state index contributed by atoms with van der Waals surface area (Å²) in [5.41, 5.74) is 3.11. The zero-order valence-electron chi connectivity index (χ0n) is 15.3. The molecule has 0 saturated heterocycles. The highest BCUT2D eigenvalue weighted by Gasteiger charge is 2.07. The van der Waals surface area contributed by atoms with Gasteiger partial charge < -0.3 is 15.4 Å². The summed E-state index contributed by atoms with van der Waals surface area (Å²) in [5, 5.41) is 7.35. The Hall–Kier alpha value is -2.63. The minimum atomic E-state index is 0.582. The van der Waals surface area contributed by atoms with Crippen LogP contribution in [-0.4, -0.2) is 36.8 Å². The van der Waals surface area contributed by atoms with Crippen molar-refractivity contribution in [3.8, 4) is 11.3 Å². The second-order valence-electron chi connectivity index (χ2n) is 6.05. The molecule has 5 nitrogen and oxygen atoms in total. The van der Waals surface area contributed by atoms with Crippen LogP contribution in [0.2, 0.25) is 5.02 Å².